The van der Waals surface area contributed by atoms with Crippen molar-refractivity contribution in [3.8, 4) is 0 Å². The predicted molar refractivity (Wildman–Crippen MR) is 116 cm³/mol. The molecular weight excluding hydrogens is 389 g/mol. The summed E-state index contributed by atoms with van der Waals surface area (Å²) in [5, 5.41) is 9.87. The highest BCUT2D eigenvalue weighted by Gasteiger charge is 2.23. The lowest BCUT2D eigenvalue weighted by molar-refractivity contribution is 0.0169. The number of benzene rings is 1. The third kappa shape index (κ3) is 6.22. The Labute approximate surface area is 176 Å². The summed E-state index contributed by atoms with van der Waals surface area (Å²) in [6.07, 6.45) is 0. The fourth-order valence-corrected chi connectivity index (χ4v) is 4.20. The van der Waals surface area contributed by atoms with Crippen molar-refractivity contribution in [3.63, 3.8) is 0 Å². The number of guanidine groups is 1. The second kappa shape index (κ2) is 10.7. The smallest absolute Gasteiger partial charge is 0.191 e. The second-order valence-corrected chi connectivity index (χ2v) is 8.29. The van der Waals surface area contributed by atoms with Crippen molar-refractivity contribution in [3.05, 3.63) is 51.7 Å². The number of thiazole rings is 1. The first kappa shape index (κ1) is 21.7. The maximum Gasteiger partial charge on any atom is 0.191 e. The van der Waals surface area contributed by atoms with E-state index < -0.39 is 0 Å². The first-order valence-electron chi connectivity index (χ1n) is 10.0. The minimum Gasteiger partial charge on any atom is -0.379 e. The van der Waals surface area contributed by atoms with Crippen LogP contribution in [0.4, 0.5) is 4.39 Å². The quantitative estimate of drug-likeness (QED) is 0.533. The number of hydrogen-bond donors (Lipinski definition) is 2. The molecule has 2 heterocycles. The number of aliphatic imine (C=N–C) groups is 1. The Morgan fingerprint density at radius 2 is 2.10 bits per heavy atom. The van der Waals surface area contributed by atoms with Gasteiger partial charge in [0.05, 0.1) is 31.5 Å². The van der Waals surface area contributed by atoms with Gasteiger partial charge in [0.15, 0.2) is 5.96 Å². The number of morpholine rings is 1. The average molecular weight is 420 g/mol. The van der Waals surface area contributed by atoms with Crippen LogP contribution >= 0.6 is 11.3 Å². The highest BCUT2D eigenvalue weighted by atomic mass is 32.1. The van der Waals surface area contributed by atoms with Crippen LogP contribution in [0.1, 0.15) is 42.1 Å². The Bertz CT molecular complexity index is 804. The van der Waals surface area contributed by atoms with E-state index in [-0.39, 0.29) is 11.9 Å². The molecule has 1 aliphatic heterocycles. The van der Waals surface area contributed by atoms with E-state index in [4.69, 9.17) is 4.74 Å². The van der Waals surface area contributed by atoms with Crippen LogP contribution in [-0.2, 0) is 11.3 Å². The Morgan fingerprint density at radius 3 is 2.76 bits per heavy atom. The van der Waals surface area contributed by atoms with Gasteiger partial charge < -0.3 is 15.4 Å². The van der Waals surface area contributed by atoms with Crippen LogP contribution < -0.4 is 10.6 Å². The number of aromatic nitrogens is 1. The molecule has 6 nitrogen and oxygen atoms in total. The summed E-state index contributed by atoms with van der Waals surface area (Å²) in [5.74, 6) is 0.923. The second-order valence-electron chi connectivity index (χ2n) is 7.35. The summed E-state index contributed by atoms with van der Waals surface area (Å²) in [6.45, 7) is 8.58. The van der Waals surface area contributed by atoms with Gasteiger partial charge in [0.1, 0.15) is 10.8 Å². The Kier molecular flexibility index (Phi) is 7.97. The fraction of sp³-hybridized carbons (Fsp3) is 0.524. The molecule has 1 unspecified atom stereocenters. The molecule has 8 heteroatoms. The number of ether oxygens (including phenoxy) is 1. The normalized spacial score (nSPS) is 16.8. The van der Waals surface area contributed by atoms with E-state index in [1.807, 2.05) is 6.07 Å². The van der Waals surface area contributed by atoms with Gasteiger partial charge in [-0.15, -0.1) is 11.3 Å². The van der Waals surface area contributed by atoms with Crippen LogP contribution in [0.5, 0.6) is 0 Å². The molecule has 158 valence electrons. The SMILES string of the molecule is CN=C(NCc1nc(C(C)C)cs1)NCC(c1cccc(F)c1)N1CCOCC1. The molecule has 1 fully saturated rings. The van der Waals surface area contributed by atoms with Crippen molar-refractivity contribution < 1.29 is 9.13 Å². The molecule has 1 aromatic carbocycles. The third-order valence-corrected chi connectivity index (χ3v) is 5.84. The van der Waals surface area contributed by atoms with Gasteiger partial charge in [-0.2, -0.15) is 0 Å². The minimum absolute atomic E-state index is 0.0422. The van der Waals surface area contributed by atoms with Gasteiger partial charge in [0.25, 0.3) is 0 Å². The number of nitrogens with one attached hydrogen (secondary N) is 2. The van der Waals surface area contributed by atoms with Crippen molar-refractivity contribution in [2.45, 2.75) is 32.4 Å². The van der Waals surface area contributed by atoms with E-state index in [0.29, 0.717) is 38.2 Å². The number of nitrogens with zero attached hydrogens (tertiary/aromatic N) is 3. The van der Waals surface area contributed by atoms with Crippen LogP contribution in [0.3, 0.4) is 0 Å². The van der Waals surface area contributed by atoms with Gasteiger partial charge in [-0.1, -0.05) is 26.0 Å². The van der Waals surface area contributed by atoms with Crippen LogP contribution in [-0.4, -0.2) is 55.7 Å². The van der Waals surface area contributed by atoms with Gasteiger partial charge in [0.2, 0.25) is 0 Å². The van der Waals surface area contributed by atoms with Gasteiger partial charge in [0, 0.05) is 32.1 Å². The highest BCUT2D eigenvalue weighted by Crippen LogP contribution is 2.22. The molecule has 0 saturated carbocycles. The van der Waals surface area contributed by atoms with E-state index in [0.717, 1.165) is 29.4 Å². The molecule has 0 spiro atoms. The largest absolute Gasteiger partial charge is 0.379 e. The summed E-state index contributed by atoms with van der Waals surface area (Å²) in [6, 6.07) is 6.87. The highest BCUT2D eigenvalue weighted by molar-refractivity contribution is 7.09. The maximum absolute atomic E-state index is 13.8. The minimum atomic E-state index is -0.215. The lowest BCUT2D eigenvalue weighted by Gasteiger charge is -2.35. The summed E-state index contributed by atoms with van der Waals surface area (Å²) in [5.41, 5.74) is 2.07. The molecule has 3 rings (SSSR count). The van der Waals surface area contributed by atoms with Crippen LogP contribution in [0.15, 0.2) is 34.6 Å². The topological polar surface area (TPSA) is 61.8 Å². The Morgan fingerprint density at radius 1 is 1.31 bits per heavy atom. The Hall–Kier alpha value is -2.03. The third-order valence-electron chi connectivity index (χ3n) is 4.97. The van der Waals surface area contributed by atoms with Gasteiger partial charge in [-0.3, -0.25) is 9.89 Å². The molecule has 2 N–H and O–H groups in total. The van der Waals surface area contributed by atoms with E-state index in [2.05, 4.69) is 44.7 Å². The summed E-state index contributed by atoms with van der Waals surface area (Å²) in [7, 11) is 1.75. The predicted octanol–water partition coefficient (Wildman–Crippen LogP) is 3.14. The molecule has 1 atom stereocenters. The standard InChI is InChI=1S/C21H30FN5OS/c1-15(2)18-14-29-20(26-18)13-25-21(23-3)24-12-19(27-7-9-28-10-8-27)16-5-4-6-17(22)11-16/h4-6,11,14-15,19H,7-10,12-13H2,1-3H3,(H2,23,24,25). The van der Waals surface area contributed by atoms with E-state index in [9.17, 15) is 4.39 Å². The lowest BCUT2D eigenvalue weighted by Crippen LogP contribution is -2.46. The van der Waals surface area contributed by atoms with Gasteiger partial charge in [-0.25, -0.2) is 9.37 Å². The maximum atomic E-state index is 13.8. The summed E-state index contributed by atoms with van der Waals surface area (Å²) in [4.78, 5) is 11.3. The number of hydrogen-bond acceptors (Lipinski definition) is 5. The molecular formula is C21H30FN5OS. The van der Waals surface area contributed by atoms with Crippen LogP contribution in [0.25, 0.3) is 0 Å². The summed E-state index contributed by atoms with van der Waals surface area (Å²) >= 11 is 1.66. The fourth-order valence-electron chi connectivity index (χ4n) is 3.31. The zero-order chi connectivity index (χ0) is 20.6. The molecule has 0 radical (unpaired) electrons. The molecule has 1 aromatic heterocycles. The molecule has 1 saturated heterocycles. The van der Waals surface area contributed by atoms with Crippen molar-refractivity contribution in [1.82, 2.24) is 20.5 Å². The molecule has 0 bridgehead atoms. The first-order valence-corrected chi connectivity index (χ1v) is 10.9. The molecule has 2 aromatic rings. The van der Waals surface area contributed by atoms with E-state index in [1.54, 1.807) is 30.5 Å². The zero-order valence-electron chi connectivity index (χ0n) is 17.3. The van der Waals surface area contributed by atoms with E-state index in [1.165, 1.54) is 6.07 Å². The molecule has 0 aliphatic carbocycles. The number of halogens is 1. The van der Waals surface area contributed by atoms with Crippen LogP contribution in [0, 0.1) is 5.82 Å². The van der Waals surface area contributed by atoms with Gasteiger partial charge >= 0.3 is 0 Å². The molecule has 29 heavy (non-hydrogen) atoms. The van der Waals surface area contributed by atoms with Crippen LogP contribution in [0.2, 0.25) is 0 Å². The van der Waals surface area contributed by atoms with Crippen molar-refractivity contribution in [1.29, 1.82) is 0 Å². The van der Waals surface area contributed by atoms with Crippen molar-refractivity contribution >= 4 is 17.3 Å². The van der Waals surface area contributed by atoms with Crippen molar-refractivity contribution in [2.75, 3.05) is 39.9 Å². The molecule has 1 aliphatic rings. The lowest BCUT2D eigenvalue weighted by atomic mass is 10.0. The van der Waals surface area contributed by atoms with E-state index >= 15 is 0 Å². The molecule has 0 amide bonds. The van der Waals surface area contributed by atoms with Gasteiger partial charge in [-0.05, 0) is 23.6 Å². The summed E-state index contributed by atoms with van der Waals surface area (Å²) < 4.78 is 19.3. The Balaban J connectivity index is 1.61. The average Bonchev–Trinajstić information content (AvgIpc) is 3.21. The number of rotatable bonds is 7. The zero-order valence-corrected chi connectivity index (χ0v) is 18.1. The monoisotopic (exact) mass is 419 g/mol. The van der Waals surface area contributed by atoms with Crippen molar-refractivity contribution in [2.24, 2.45) is 4.99 Å². The first-order chi connectivity index (χ1) is 14.1.